The van der Waals surface area contributed by atoms with Crippen molar-refractivity contribution in [3.63, 3.8) is 0 Å². The van der Waals surface area contributed by atoms with Crippen LogP contribution in [0.25, 0.3) is 0 Å². The number of ether oxygens (including phenoxy) is 1. The van der Waals surface area contributed by atoms with E-state index in [1.54, 1.807) is 13.8 Å². The first-order valence-electron chi connectivity index (χ1n) is 8.35. The lowest BCUT2D eigenvalue weighted by molar-refractivity contribution is -0.115. The summed E-state index contributed by atoms with van der Waals surface area (Å²) in [4.78, 5) is 31.0. The third-order valence-corrected chi connectivity index (χ3v) is 5.10. The fourth-order valence-electron chi connectivity index (χ4n) is 2.94. The second kappa shape index (κ2) is 7.65. The lowest BCUT2D eigenvalue weighted by atomic mass is 10.0. The highest BCUT2D eigenvalue weighted by atomic mass is 32.1. The summed E-state index contributed by atoms with van der Waals surface area (Å²) in [7, 11) is 0. The first-order valence-corrected chi connectivity index (χ1v) is 9.17. The summed E-state index contributed by atoms with van der Waals surface area (Å²) in [6.07, 6.45) is 2.08. The summed E-state index contributed by atoms with van der Waals surface area (Å²) >= 11 is 1.15. The summed E-state index contributed by atoms with van der Waals surface area (Å²) in [6, 6.07) is 8.17. The molecular formula is C18H21N3O3S. The molecule has 1 aliphatic rings. The Hall–Kier alpha value is -2.41. The zero-order valence-corrected chi connectivity index (χ0v) is 15.2. The Balaban J connectivity index is 1.66. The molecule has 0 unspecified atom stereocenters. The normalized spacial score (nSPS) is 13.3. The average Bonchev–Trinajstić information content (AvgIpc) is 2.95. The molecule has 1 amide bonds. The number of carbonyl (C=O) groups is 2. The van der Waals surface area contributed by atoms with Gasteiger partial charge in [-0.3, -0.25) is 4.79 Å². The number of aromatic nitrogens is 1. The van der Waals surface area contributed by atoms with Gasteiger partial charge in [-0.2, -0.15) is 0 Å². The van der Waals surface area contributed by atoms with Gasteiger partial charge in [-0.25, -0.2) is 9.78 Å². The predicted molar refractivity (Wildman–Crippen MR) is 98.4 cm³/mol. The van der Waals surface area contributed by atoms with E-state index in [-0.39, 0.29) is 12.5 Å². The molecule has 0 saturated carbocycles. The number of nitrogens with zero attached hydrogens (tertiary/aromatic N) is 2. The van der Waals surface area contributed by atoms with Crippen LogP contribution in [0.4, 0.5) is 10.8 Å². The lowest BCUT2D eigenvalue weighted by Crippen LogP contribution is -2.36. The maximum absolute atomic E-state index is 12.4. The molecule has 0 bridgehead atoms. The summed E-state index contributed by atoms with van der Waals surface area (Å²) in [6.45, 7) is 4.93. The third-order valence-electron chi connectivity index (χ3n) is 4.04. The Morgan fingerprint density at radius 1 is 1.36 bits per heavy atom. The summed E-state index contributed by atoms with van der Waals surface area (Å²) in [5.74, 6) is -0.538. The van der Waals surface area contributed by atoms with Gasteiger partial charge in [0.1, 0.15) is 4.88 Å². The van der Waals surface area contributed by atoms with E-state index in [2.05, 4.69) is 21.3 Å². The van der Waals surface area contributed by atoms with E-state index in [1.165, 1.54) is 5.56 Å². The molecule has 1 N–H and O–H groups in total. The molecule has 1 aromatic carbocycles. The Morgan fingerprint density at radius 3 is 2.96 bits per heavy atom. The predicted octanol–water partition coefficient (Wildman–Crippen LogP) is 3.02. The number of hydrogen-bond donors (Lipinski definition) is 1. The second-order valence-corrected chi connectivity index (χ2v) is 6.86. The minimum absolute atomic E-state index is 0.138. The van der Waals surface area contributed by atoms with Crippen LogP contribution in [0.1, 0.15) is 34.3 Å². The lowest BCUT2D eigenvalue weighted by Gasteiger charge is -2.30. The van der Waals surface area contributed by atoms with Gasteiger partial charge in [0.25, 0.3) is 0 Å². The molecule has 6 nitrogen and oxygen atoms in total. The highest BCUT2D eigenvalue weighted by Crippen LogP contribution is 2.27. The smallest absolute Gasteiger partial charge is 0.350 e. The number of hydrogen-bond acceptors (Lipinski definition) is 6. The van der Waals surface area contributed by atoms with Gasteiger partial charge in [-0.15, -0.1) is 0 Å². The average molecular weight is 359 g/mol. The Morgan fingerprint density at radius 2 is 2.16 bits per heavy atom. The number of thiazole rings is 1. The van der Waals surface area contributed by atoms with Crippen LogP contribution in [-0.2, 0) is 16.0 Å². The van der Waals surface area contributed by atoms with Gasteiger partial charge in [0.15, 0.2) is 5.13 Å². The minimum atomic E-state index is -0.400. The summed E-state index contributed by atoms with van der Waals surface area (Å²) in [5, 5.41) is 3.22. The fourth-order valence-corrected chi connectivity index (χ4v) is 3.82. The van der Waals surface area contributed by atoms with Crippen LogP contribution in [0.3, 0.4) is 0 Å². The van der Waals surface area contributed by atoms with Crippen LogP contribution in [0.15, 0.2) is 24.3 Å². The molecule has 2 aromatic rings. The maximum Gasteiger partial charge on any atom is 0.350 e. The zero-order chi connectivity index (χ0) is 17.8. The SMILES string of the molecule is CCOC(=O)c1sc(NC(=O)CN2CCCc3ccccc32)nc1C. The zero-order valence-electron chi connectivity index (χ0n) is 14.4. The van der Waals surface area contributed by atoms with E-state index < -0.39 is 5.97 Å². The monoisotopic (exact) mass is 359 g/mol. The van der Waals surface area contributed by atoms with Crippen LogP contribution in [0.5, 0.6) is 0 Å². The summed E-state index contributed by atoms with van der Waals surface area (Å²) in [5.41, 5.74) is 2.96. The molecule has 7 heteroatoms. The number of anilines is 2. The number of amides is 1. The quantitative estimate of drug-likeness (QED) is 0.831. The molecule has 0 aliphatic carbocycles. The molecule has 2 heterocycles. The van der Waals surface area contributed by atoms with E-state index in [1.807, 2.05) is 18.2 Å². The van der Waals surface area contributed by atoms with Crippen LogP contribution in [-0.4, -0.2) is 36.6 Å². The number of para-hydroxylation sites is 1. The third kappa shape index (κ3) is 3.99. The van der Waals surface area contributed by atoms with Crippen molar-refractivity contribution in [2.24, 2.45) is 0 Å². The molecule has 1 aliphatic heterocycles. The largest absolute Gasteiger partial charge is 0.462 e. The van der Waals surface area contributed by atoms with Crippen molar-refractivity contribution in [1.29, 1.82) is 0 Å². The van der Waals surface area contributed by atoms with Crippen molar-refractivity contribution in [2.45, 2.75) is 26.7 Å². The van der Waals surface area contributed by atoms with Crippen LogP contribution in [0.2, 0.25) is 0 Å². The number of benzene rings is 1. The van der Waals surface area contributed by atoms with E-state index in [9.17, 15) is 9.59 Å². The molecule has 132 valence electrons. The molecule has 0 saturated heterocycles. The molecular weight excluding hydrogens is 338 g/mol. The maximum atomic E-state index is 12.4. The van der Waals surface area contributed by atoms with Crippen molar-refractivity contribution in [3.05, 3.63) is 40.4 Å². The second-order valence-electron chi connectivity index (χ2n) is 5.86. The van der Waals surface area contributed by atoms with E-state index >= 15 is 0 Å². The van der Waals surface area contributed by atoms with E-state index in [0.717, 1.165) is 36.4 Å². The molecule has 0 spiro atoms. The van der Waals surface area contributed by atoms with Gasteiger partial charge < -0.3 is 15.0 Å². The molecule has 0 atom stereocenters. The van der Waals surface area contributed by atoms with Gasteiger partial charge in [0, 0.05) is 12.2 Å². The number of rotatable bonds is 5. The number of nitrogens with one attached hydrogen (secondary N) is 1. The Bertz CT molecular complexity index is 788. The molecule has 0 radical (unpaired) electrons. The Kier molecular flexibility index (Phi) is 5.33. The van der Waals surface area contributed by atoms with Crippen LogP contribution >= 0.6 is 11.3 Å². The first kappa shape index (κ1) is 17.4. The van der Waals surface area contributed by atoms with Crippen molar-refractivity contribution < 1.29 is 14.3 Å². The van der Waals surface area contributed by atoms with Gasteiger partial charge in [-0.05, 0) is 38.3 Å². The number of fused-ring (bicyclic) bond motifs is 1. The van der Waals surface area contributed by atoms with E-state index in [4.69, 9.17) is 4.74 Å². The number of carbonyl (C=O) groups excluding carboxylic acids is 2. The first-order chi connectivity index (χ1) is 12.1. The van der Waals surface area contributed by atoms with Gasteiger partial charge in [0.2, 0.25) is 5.91 Å². The molecule has 3 rings (SSSR count). The highest BCUT2D eigenvalue weighted by molar-refractivity contribution is 7.17. The van der Waals surface area contributed by atoms with Crippen molar-refractivity contribution in [1.82, 2.24) is 4.98 Å². The molecule has 25 heavy (non-hydrogen) atoms. The Labute approximate surface area is 150 Å². The van der Waals surface area contributed by atoms with Gasteiger partial charge in [0.05, 0.1) is 18.8 Å². The minimum Gasteiger partial charge on any atom is -0.462 e. The van der Waals surface area contributed by atoms with Crippen molar-refractivity contribution >= 4 is 34.0 Å². The number of aryl methyl sites for hydroxylation is 2. The molecule has 1 aromatic heterocycles. The van der Waals surface area contributed by atoms with Crippen molar-refractivity contribution in [3.8, 4) is 0 Å². The standard InChI is InChI=1S/C18H21N3O3S/c1-3-24-17(23)16-12(2)19-18(25-16)20-15(22)11-21-10-6-8-13-7-4-5-9-14(13)21/h4-5,7,9H,3,6,8,10-11H2,1-2H3,(H,19,20,22). The fraction of sp³-hybridized carbons (Fsp3) is 0.389. The van der Waals surface area contributed by atoms with Crippen molar-refractivity contribution in [2.75, 3.05) is 29.9 Å². The highest BCUT2D eigenvalue weighted by Gasteiger charge is 2.21. The van der Waals surface area contributed by atoms with E-state index in [0.29, 0.717) is 22.3 Å². The van der Waals surface area contributed by atoms with Gasteiger partial charge >= 0.3 is 5.97 Å². The topological polar surface area (TPSA) is 71.5 Å². The van der Waals surface area contributed by atoms with Crippen LogP contribution in [0, 0.1) is 6.92 Å². The number of esters is 1. The molecule has 0 fully saturated rings. The summed E-state index contributed by atoms with van der Waals surface area (Å²) < 4.78 is 5.00. The van der Waals surface area contributed by atoms with Crippen LogP contribution < -0.4 is 10.2 Å². The van der Waals surface area contributed by atoms with Gasteiger partial charge in [-0.1, -0.05) is 29.5 Å².